The van der Waals surface area contributed by atoms with Crippen molar-refractivity contribution in [1.29, 1.82) is 0 Å². The van der Waals surface area contributed by atoms with Gasteiger partial charge in [0.1, 0.15) is 11.5 Å². The van der Waals surface area contributed by atoms with Crippen molar-refractivity contribution in [1.82, 2.24) is 20.8 Å². The van der Waals surface area contributed by atoms with Crippen LogP contribution >= 0.6 is 11.6 Å². The van der Waals surface area contributed by atoms with Crippen molar-refractivity contribution in [2.75, 3.05) is 20.8 Å². The van der Waals surface area contributed by atoms with E-state index in [9.17, 15) is 0 Å². The number of hydrogen-bond acceptors (Lipinski definition) is 6. The van der Waals surface area contributed by atoms with Crippen molar-refractivity contribution < 1.29 is 14.0 Å². The summed E-state index contributed by atoms with van der Waals surface area (Å²) in [5.74, 6) is 3.04. The molecule has 0 saturated heterocycles. The van der Waals surface area contributed by atoms with Gasteiger partial charge in [0.2, 0.25) is 11.7 Å². The van der Waals surface area contributed by atoms with Crippen molar-refractivity contribution in [2.45, 2.75) is 20.0 Å². The molecule has 0 unspecified atom stereocenters. The topological polar surface area (TPSA) is 93.8 Å². The average Bonchev–Trinajstić information content (AvgIpc) is 3.25. The summed E-state index contributed by atoms with van der Waals surface area (Å²) in [6, 6.07) is 12.9. The molecule has 0 aliphatic rings. The quantitative estimate of drug-likeness (QED) is 0.416. The van der Waals surface area contributed by atoms with E-state index in [1.165, 1.54) is 0 Å². The molecule has 0 atom stereocenters. The van der Waals surface area contributed by atoms with Gasteiger partial charge in [-0.2, -0.15) is 4.98 Å². The van der Waals surface area contributed by atoms with E-state index < -0.39 is 0 Å². The van der Waals surface area contributed by atoms with Gasteiger partial charge < -0.3 is 24.6 Å². The minimum Gasteiger partial charge on any atom is -0.497 e. The first-order valence-corrected chi connectivity index (χ1v) is 9.82. The van der Waals surface area contributed by atoms with Crippen molar-refractivity contribution in [3.05, 3.63) is 58.9 Å². The molecule has 0 aliphatic carbocycles. The van der Waals surface area contributed by atoms with Gasteiger partial charge in [0, 0.05) is 28.8 Å². The highest BCUT2D eigenvalue weighted by molar-refractivity contribution is 6.30. The van der Waals surface area contributed by atoms with Gasteiger partial charge in [-0.15, -0.1) is 0 Å². The fraction of sp³-hybridized carbons (Fsp3) is 0.286. The number of hydrogen-bond donors (Lipinski definition) is 2. The van der Waals surface area contributed by atoms with E-state index in [2.05, 4.69) is 25.8 Å². The second-order valence-electron chi connectivity index (χ2n) is 6.25. The second-order valence-corrected chi connectivity index (χ2v) is 6.68. The summed E-state index contributed by atoms with van der Waals surface area (Å²) in [4.78, 5) is 9.01. The molecule has 2 aromatic carbocycles. The monoisotopic (exact) mass is 429 g/mol. The lowest BCUT2D eigenvalue weighted by molar-refractivity contribution is 0.375. The molecule has 0 radical (unpaired) electrons. The van der Waals surface area contributed by atoms with Crippen LogP contribution in [0.2, 0.25) is 5.02 Å². The number of guanidine groups is 1. The lowest BCUT2D eigenvalue weighted by Gasteiger charge is -2.11. The maximum absolute atomic E-state index is 5.92. The summed E-state index contributed by atoms with van der Waals surface area (Å²) >= 11 is 5.92. The van der Waals surface area contributed by atoms with E-state index in [0.717, 1.165) is 22.6 Å². The summed E-state index contributed by atoms with van der Waals surface area (Å²) in [5.41, 5.74) is 1.78. The van der Waals surface area contributed by atoms with Gasteiger partial charge in [-0.1, -0.05) is 16.8 Å². The van der Waals surface area contributed by atoms with Crippen LogP contribution < -0.4 is 20.1 Å². The Hall–Kier alpha value is -3.26. The maximum atomic E-state index is 5.92. The molecule has 0 fully saturated rings. The number of halogens is 1. The zero-order chi connectivity index (χ0) is 21.3. The van der Waals surface area contributed by atoms with E-state index >= 15 is 0 Å². The zero-order valence-corrected chi connectivity index (χ0v) is 17.9. The van der Waals surface area contributed by atoms with Crippen LogP contribution in [-0.2, 0) is 13.1 Å². The smallest absolute Gasteiger partial charge is 0.246 e. The molecule has 8 nitrogen and oxygen atoms in total. The predicted octanol–water partition coefficient (Wildman–Crippen LogP) is 3.66. The lowest BCUT2D eigenvalue weighted by atomic mass is 10.2. The van der Waals surface area contributed by atoms with Crippen LogP contribution in [-0.4, -0.2) is 36.9 Å². The fourth-order valence-electron chi connectivity index (χ4n) is 2.69. The number of aliphatic imine (C=N–C) groups is 1. The van der Waals surface area contributed by atoms with Crippen LogP contribution in [0.4, 0.5) is 0 Å². The van der Waals surface area contributed by atoms with Crippen molar-refractivity contribution in [3.8, 4) is 22.9 Å². The van der Waals surface area contributed by atoms with Gasteiger partial charge in [-0.25, -0.2) is 4.99 Å². The van der Waals surface area contributed by atoms with Gasteiger partial charge in [0.15, 0.2) is 5.96 Å². The molecule has 9 heteroatoms. The first-order chi connectivity index (χ1) is 14.6. The first kappa shape index (κ1) is 21.4. The number of rotatable bonds is 8. The largest absolute Gasteiger partial charge is 0.497 e. The van der Waals surface area contributed by atoms with E-state index in [4.69, 9.17) is 25.6 Å². The normalized spacial score (nSPS) is 11.3. The van der Waals surface area contributed by atoms with Crippen molar-refractivity contribution in [3.63, 3.8) is 0 Å². The summed E-state index contributed by atoms with van der Waals surface area (Å²) in [6.45, 7) is 3.48. The van der Waals surface area contributed by atoms with E-state index in [0.29, 0.717) is 42.3 Å². The predicted molar refractivity (Wildman–Crippen MR) is 116 cm³/mol. The molecule has 3 rings (SSSR count). The molecule has 30 heavy (non-hydrogen) atoms. The Morgan fingerprint density at radius 3 is 2.60 bits per heavy atom. The third kappa shape index (κ3) is 5.64. The molecule has 2 N–H and O–H groups in total. The standard InChI is InChI=1S/C21H24ClN5O3/c1-4-23-21(24-12-15-7-10-17(28-2)11-18(15)29-3)25-13-19-26-20(27-30-19)14-5-8-16(22)9-6-14/h5-11H,4,12-13H2,1-3H3,(H2,23,24,25). The zero-order valence-electron chi connectivity index (χ0n) is 17.1. The number of nitrogens with one attached hydrogen (secondary N) is 2. The number of methoxy groups -OCH3 is 2. The molecule has 0 spiro atoms. The SMILES string of the molecule is CCNC(=NCc1ccc(OC)cc1OC)NCc1nc(-c2ccc(Cl)cc2)no1. The van der Waals surface area contributed by atoms with E-state index in [1.807, 2.05) is 37.3 Å². The Labute approximate surface area is 180 Å². The number of aromatic nitrogens is 2. The third-order valence-corrected chi connectivity index (χ3v) is 4.48. The first-order valence-electron chi connectivity index (χ1n) is 9.44. The van der Waals surface area contributed by atoms with Gasteiger partial charge in [0.05, 0.1) is 27.3 Å². The molecule has 3 aromatic rings. The minimum atomic E-state index is 0.339. The second kappa shape index (κ2) is 10.5. The van der Waals surface area contributed by atoms with Gasteiger partial charge in [-0.3, -0.25) is 0 Å². The molecular formula is C21H24ClN5O3. The van der Waals surface area contributed by atoms with E-state index in [1.54, 1.807) is 26.4 Å². The molecular weight excluding hydrogens is 406 g/mol. The Morgan fingerprint density at radius 2 is 1.90 bits per heavy atom. The fourth-order valence-corrected chi connectivity index (χ4v) is 2.82. The summed E-state index contributed by atoms with van der Waals surface area (Å²) < 4.78 is 16.0. The van der Waals surface area contributed by atoms with E-state index in [-0.39, 0.29) is 0 Å². The van der Waals surface area contributed by atoms with Crippen LogP contribution in [0, 0.1) is 0 Å². The molecule has 1 aromatic heterocycles. The summed E-state index contributed by atoms with van der Waals surface area (Å²) in [5, 5.41) is 11.1. The number of ether oxygens (including phenoxy) is 2. The Bertz CT molecular complexity index is 989. The van der Waals surface area contributed by atoms with Crippen LogP contribution in [0.1, 0.15) is 18.4 Å². The number of benzene rings is 2. The highest BCUT2D eigenvalue weighted by Gasteiger charge is 2.10. The Kier molecular flexibility index (Phi) is 7.51. The summed E-state index contributed by atoms with van der Waals surface area (Å²) in [7, 11) is 3.24. The maximum Gasteiger partial charge on any atom is 0.246 e. The Morgan fingerprint density at radius 1 is 1.10 bits per heavy atom. The molecule has 0 amide bonds. The van der Waals surface area contributed by atoms with Gasteiger partial charge in [-0.05, 0) is 43.3 Å². The van der Waals surface area contributed by atoms with Crippen LogP contribution in [0.5, 0.6) is 11.5 Å². The summed E-state index contributed by atoms with van der Waals surface area (Å²) in [6.07, 6.45) is 0. The van der Waals surface area contributed by atoms with Crippen LogP contribution in [0.25, 0.3) is 11.4 Å². The number of nitrogens with zero attached hydrogens (tertiary/aromatic N) is 3. The molecule has 0 aliphatic heterocycles. The van der Waals surface area contributed by atoms with Crippen molar-refractivity contribution >= 4 is 17.6 Å². The molecule has 158 valence electrons. The third-order valence-electron chi connectivity index (χ3n) is 4.22. The average molecular weight is 430 g/mol. The highest BCUT2D eigenvalue weighted by atomic mass is 35.5. The highest BCUT2D eigenvalue weighted by Crippen LogP contribution is 2.25. The molecule has 1 heterocycles. The Balaban J connectivity index is 1.65. The molecule has 0 bridgehead atoms. The minimum absolute atomic E-state index is 0.339. The molecule has 0 saturated carbocycles. The van der Waals surface area contributed by atoms with Gasteiger partial charge >= 0.3 is 0 Å². The van der Waals surface area contributed by atoms with Crippen LogP contribution in [0.15, 0.2) is 52.0 Å². The van der Waals surface area contributed by atoms with Crippen molar-refractivity contribution in [2.24, 2.45) is 4.99 Å². The van der Waals surface area contributed by atoms with Gasteiger partial charge in [0.25, 0.3) is 0 Å². The van der Waals surface area contributed by atoms with Crippen LogP contribution in [0.3, 0.4) is 0 Å². The lowest BCUT2D eigenvalue weighted by Crippen LogP contribution is -2.36.